The smallest absolute Gasteiger partial charge is 0.183 e. The van der Waals surface area contributed by atoms with Crippen LogP contribution < -0.4 is 5.32 Å². The van der Waals surface area contributed by atoms with Gasteiger partial charge in [-0.15, -0.1) is 11.3 Å². The fourth-order valence-electron chi connectivity index (χ4n) is 2.10. The first-order valence-electron chi connectivity index (χ1n) is 7.04. The van der Waals surface area contributed by atoms with Crippen LogP contribution in [0.25, 0.3) is 11.3 Å². The highest BCUT2D eigenvalue weighted by Gasteiger charge is 2.06. The second kappa shape index (κ2) is 6.14. The van der Waals surface area contributed by atoms with E-state index in [-0.39, 0.29) is 0 Å². The van der Waals surface area contributed by atoms with Gasteiger partial charge >= 0.3 is 0 Å². The van der Waals surface area contributed by atoms with Crippen LogP contribution in [0, 0.1) is 0 Å². The van der Waals surface area contributed by atoms with Crippen molar-refractivity contribution in [2.24, 2.45) is 0 Å². The number of benzene rings is 1. The zero-order chi connectivity index (χ0) is 14.7. The van der Waals surface area contributed by atoms with Gasteiger partial charge in [-0.2, -0.15) is 0 Å². The molecular weight excluding hydrogens is 280 g/mol. The summed E-state index contributed by atoms with van der Waals surface area (Å²) in [7, 11) is 0. The number of hydrogen-bond acceptors (Lipinski definition) is 4. The van der Waals surface area contributed by atoms with Gasteiger partial charge in [-0.05, 0) is 23.6 Å². The Kier molecular flexibility index (Phi) is 4.06. The maximum atomic E-state index is 5.30. The number of hydrogen-bond donors (Lipinski definition) is 1. The lowest BCUT2D eigenvalue weighted by Gasteiger charge is -2.05. The van der Waals surface area contributed by atoms with E-state index in [0.717, 1.165) is 22.1 Å². The molecule has 0 atom stereocenters. The molecule has 0 spiro atoms. The van der Waals surface area contributed by atoms with E-state index in [1.165, 1.54) is 5.56 Å². The summed E-state index contributed by atoms with van der Waals surface area (Å²) < 4.78 is 5.30. The minimum absolute atomic E-state index is 0.556. The first kappa shape index (κ1) is 13.9. The third kappa shape index (κ3) is 3.34. The van der Waals surface area contributed by atoms with Gasteiger partial charge in [0.05, 0.1) is 18.5 Å². The van der Waals surface area contributed by atoms with Crippen molar-refractivity contribution < 1.29 is 4.42 Å². The molecule has 0 aliphatic carbocycles. The van der Waals surface area contributed by atoms with Crippen LogP contribution in [0.5, 0.6) is 0 Å². The lowest BCUT2D eigenvalue weighted by Crippen LogP contribution is -1.97. The molecule has 3 nitrogen and oxygen atoms in total. The topological polar surface area (TPSA) is 38.1 Å². The van der Waals surface area contributed by atoms with Crippen molar-refractivity contribution in [3.63, 3.8) is 0 Å². The van der Waals surface area contributed by atoms with Crippen LogP contribution in [0.2, 0.25) is 0 Å². The minimum atomic E-state index is 0.556. The Morgan fingerprint density at radius 2 is 2.00 bits per heavy atom. The van der Waals surface area contributed by atoms with Gasteiger partial charge in [0.25, 0.3) is 0 Å². The van der Waals surface area contributed by atoms with Gasteiger partial charge in [0, 0.05) is 10.9 Å². The van der Waals surface area contributed by atoms with Crippen LogP contribution >= 0.6 is 11.3 Å². The van der Waals surface area contributed by atoms with Crippen LogP contribution in [0.3, 0.4) is 0 Å². The molecule has 0 amide bonds. The maximum Gasteiger partial charge on any atom is 0.183 e. The monoisotopic (exact) mass is 298 g/mol. The molecule has 0 fully saturated rings. The molecule has 0 aliphatic heterocycles. The summed E-state index contributed by atoms with van der Waals surface area (Å²) in [6.07, 6.45) is 1.68. The molecule has 0 radical (unpaired) electrons. The standard InChI is InChI=1S/C17H18N2OS/c1-12(2)13-5-7-14(8-6-13)16-11-21-17(19-16)18-10-15-4-3-9-20-15/h3-9,11-12H,10H2,1-2H3,(H,18,19). The fourth-order valence-corrected chi connectivity index (χ4v) is 2.82. The number of rotatable bonds is 5. The van der Waals surface area contributed by atoms with E-state index in [0.29, 0.717) is 12.5 Å². The summed E-state index contributed by atoms with van der Waals surface area (Å²) in [5, 5.41) is 6.27. The van der Waals surface area contributed by atoms with E-state index < -0.39 is 0 Å². The van der Waals surface area contributed by atoms with Gasteiger partial charge in [0.2, 0.25) is 0 Å². The molecule has 3 rings (SSSR count). The molecule has 1 aromatic carbocycles. The summed E-state index contributed by atoms with van der Waals surface area (Å²) in [6, 6.07) is 12.5. The first-order valence-corrected chi connectivity index (χ1v) is 7.92. The molecule has 21 heavy (non-hydrogen) atoms. The number of anilines is 1. The summed E-state index contributed by atoms with van der Waals surface area (Å²) in [4.78, 5) is 4.62. The van der Waals surface area contributed by atoms with Gasteiger partial charge in [-0.1, -0.05) is 38.1 Å². The van der Waals surface area contributed by atoms with E-state index >= 15 is 0 Å². The van der Waals surface area contributed by atoms with Gasteiger partial charge in [0.15, 0.2) is 5.13 Å². The van der Waals surface area contributed by atoms with E-state index in [2.05, 4.69) is 53.8 Å². The van der Waals surface area contributed by atoms with Crippen LogP contribution in [0.1, 0.15) is 31.1 Å². The van der Waals surface area contributed by atoms with Gasteiger partial charge in [-0.25, -0.2) is 4.98 Å². The second-order valence-electron chi connectivity index (χ2n) is 5.25. The van der Waals surface area contributed by atoms with Crippen molar-refractivity contribution in [1.29, 1.82) is 0 Å². The predicted octanol–water partition coefficient (Wildman–Crippen LogP) is 5.14. The van der Waals surface area contributed by atoms with Crippen LogP contribution in [-0.2, 0) is 6.54 Å². The molecule has 0 bridgehead atoms. The second-order valence-corrected chi connectivity index (χ2v) is 6.11. The highest BCUT2D eigenvalue weighted by Crippen LogP contribution is 2.26. The van der Waals surface area contributed by atoms with Crippen molar-refractivity contribution in [1.82, 2.24) is 4.98 Å². The summed E-state index contributed by atoms with van der Waals surface area (Å²) in [6.45, 7) is 5.06. The number of nitrogens with one attached hydrogen (secondary N) is 1. The third-order valence-electron chi connectivity index (χ3n) is 3.37. The fraction of sp³-hybridized carbons (Fsp3) is 0.235. The van der Waals surface area contributed by atoms with Crippen LogP contribution in [0.4, 0.5) is 5.13 Å². The average molecular weight is 298 g/mol. The molecule has 3 aromatic rings. The minimum Gasteiger partial charge on any atom is -0.467 e. The quantitative estimate of drug-likeness (QED) is 0.709. The Labute approximate surface area is 128 Å². The first-order chi connectivity index (χ1) is 10.2. The number of aromatic nitrogens is 1. The molecular formula is C17H18N2OS. The molecule has 0 aliphatic rings. The van der Waals surface area contributed by atoms with Gasteiger partial charge in [-0.3, -0.25) is 0 Å². The van der Waals surface area contributed by atoms with Crippen molar-refractivity contribution in [3.05, 3.63) is 59.4 Å². The number of nitrogens with zero attached hydrogens (tertiary/aromatic N) is 1. The highest BCUT2D eigenvalue weighted by atomic mass is 32.1. The van der Waals surface area contributed by atoms with Crippen molar-refractivity contribution in [3.8, 4) is 11.3 Å². The lowest BCUT2D eigenvalue weighted by atomic mass is 10.0. The van der Waals surface area contributed by atoms with Crippen molar-refractivity contribution in [2.75, 3.05) is 5.32 Å². The Bertz CT molecular complexity index is 684. The number of thiazole rings is 1. The van der Waals surface area contributed by atoms with E-state index in [1.54, 1.807) is 17.6 Å². The molecule has 108 valence electrons. The molecule has 0 saturated heterocycles. The summed E-state index contributed by atoms with van der Waals surface area (Å²) in [5.41, 5.74) is 3.52. The van der Waals surface area contributed by atoms with Crippen LogP contribution in [-0.4, -0.2) is 4.98 Å². The van der Waals surface area contributed by atoms with E-state index in [9.17, 15) is 0 Å². The zero-order valence-corrected chi connectivity index (χ0v) is 13.0. The van der Waals surface area contributed by atoms with Crippen molar-refractivity contribution in [2.45, 2.75) is 26.3 Å². The molecule has 0 saturated carbocycles. The van der Waals surface area contributed by atoms with E-state index in [4.69, 9.17) is 4.42 Å². The van der Waals surface area contributed by atoms with Crippen LogP contribution in [0.15, 0.2) is 52.5 Å². The maximum absolute atomic E-state index is 5.30. The number of furan rings is 1. The Morgan fingerprint density at radius 1 is 1.19 bits per heavy atom. The Morgan fingerprint density at radius 3 is 2.67 bits per heavy atom. The van der Waals surface area contributed by atoms with Gasteiger partial charge < -0.3 is 9.73 Å². The molecule has 4 heteroatoms. The largest absolute Gasteiger partial charge is 0.467 e. The average Bonchev–Trinajstić information content (AvgIpc) is 3.17. The van der Waals surface area contributed by atoms with E-state index in [1.807, 2.05) is 12.1 Å². The highest BCUT2D eigenvalue weighted by molar-refractivity contribution is 7.14. The Hall–Kier alpha value is -2.07. The molecule has 2 aromatic heterocycles. The summed E-state index contributed by atoms with van der Waals surface area (Å²) in [5.74, 6) is 1.47. The predicted molar refractivity (Wildman–Crippen MR) is 87.7 cm³/mol. The SMILES string of the molecule is CC(C)c1ccc(-c2csc(NCc3ccco3)n2)cc1. The lowest BCUT2D eigenvalue weighted by molar-refractivity contribution is 0.518. The molecule has 2 heterocycles. The van der Waals surface area contributed by atoms with Crippen molar-refractivity contribution >= 4 is 16.5 Å². The third-order valence-corrected chi connectivity index (χ3v) is 4.17. The summed E-state index contributed by atoms with van der Waals surface area (Å²) >= 11 is 1.61. The normalized spacial score (nSPS) is 11.0. The molecule has 1 N–H and O–H groups in total. The zero-order valence-electron chi connectivity index (χ0n) is 12.2. The Balaban J connectivity index is 1.69. The molecule has 0 unspecified atom stereocenters. The van der Waals surface area contributed by atoms with Gasteiger partial charge in [0.1, 0.15) is 5.76 Å².